The van der Waals surface area contributed by atoms with Gasteiger partial charge in [0.25, 0.3) is 15.6 Å². The zero-order valence-electron chi connectivity index (χ0n) is 22.8. The summed E-state index contributed by atoms with van der Waals surface area (Å²) in [6.45, 7) is 6.43. The third-order valence-corrected chi connectivity index (χ3v) is 8.08. The molecule has 1 amide bonds. The van der Waals surface area contributed by atoms with Gasteiger partial charge >= 0.3 is 0 Å². The summed E-state index contributed by atoms with van der Waals surface area (Å²) >= 11 is 5.98. The Balaban J connectivity index is 1.67. The van der Waals surface area contributed by atoms with Gasteiger partial charge in [-0.15, -0.1) is 0 Å². The molecule has 2 aromatic carbocycles. The summed E-state index contributed by atoms with van der Waals surface area (Å²) in [5.41, 5.74) is 1.18. The molecule has 10 nitrogen and oxygen atoms in total. The van der Waals surface area contributed by atoms with Gasteiger partial charge < -0.3 is 10.1 Å². The number of hydrogen-bond donors (Lipinski definition) is 2. The van der Waals surface area contributed by atoms with Crippen molar-refractivity contribution in [2.24, 2.45) is 11.8 Å². The van der Waals surface area contributed by atoms with E-state index in [2.05, 4.69) is 20.0 Å². The third kappa shape index (κ3) is 6.83. The van der Waals surface area contributed by atoms with Crippen molar-refractivity contribution < 1.29 is 22.3 Å². The highest BCUT2D eigenvalue weighted by Crippen LogP contribution is 2.32. The number of benzene rings is 2. The molecular formula is C28H29ClFN5O5S. The number of carbonyl (C=O) groups is 1. The molecule has 4 aromatic rings. The molecule has 0 spiro atoms. The van der Waals surface area contributed by atoms with Crippen LogP contribution in [0, 0.1) is 17.7 Å². The fourth-order valence-corrected chi connectivity index (χ4v) is 5.64. The molecule has 2 aromatic heterocycles. The van der Waals surface area contributed by atoms with Gasteiger partial charge in [-0.05, 0) is 47.9 Å². The smallest absolute Gasteiger partial charge is 0.263 e. The van der Waals surface area contributed by atoms with Crippen LogP contribution in [0.4, 0.5) is 10.1 Å². The predicted octanol–water partition coefficient (Wildman–Crippen LogP) is 4.47. The maximum atomic E-state index is 13.5. The number of pyridine rings is 1. The lowest BCUT2D eigenvalue weighted by molar-refractivity contribution is -0.125. The summed E-state index contributed by atoms with van der Waals surface area (Å²) in [6.07, 6.45) is 2.89. The second kappa shape index (κ2) is 12.2. The van der Waals surface area contributed by atoms with Crippen LogP contribution in [-0.2, 0) is 21.4 Å². The number of aromatic nitrogens is 3. The molecule has 216 valence electrons. The number of rotatable bonds is 10. The maximum absolute atomic E-state index is 13.5. The van der Waals surface area contributed by atoms with Gasteiger partial charge in [0.2, 0.25) is 11.8 Å². The molecule has 0 saturated carbocycles. The molecule has 0 saturated heterocycles. The number of amides is 1. The van der Waals surface area contributed by atoms with Crippen molar-refractivity contribution in [2.75, 3.05) is 18.4 Å². The number of nitrogens with one attached hydrogen (secondary N) is 2. The first-order chi connectivity index (χ1) is 19.4. The summed E-state index contributed by atoms with van der Waals surface area (Å²) in [6, 6.07) is 9.46. The van der Waals surface area contributed by atoms with Crippen molar-refractivity contribution in [1.82, 2.24) is 19.9 Å². The third-order valence-electron chi connectivity index (χ3n) is 6.23. The number of nitrogens with zero attached hydrogens (tertiary/aromatic N) is 3. The SMILES string of the molecule is COc1ncc(-c2ccc3ncn(C[C@H](C)C(=O)NCC(C)C)c(=O)c3c2)cc1NS(=O)(=O)c1ccc(F)cc1Cl. The number of fused-ring (bicyclic) bond motifs is 1. The van der Waals surface area contributed by atoms with Gasteiger partial charge in [-0.1, -0.05) is 38.4 Å². The number of carbonyl (C=O) groups excluding carboxylic acids is 1. The van der Waals surface area contributed by atoms with E-state index in [1.165, 1.54) is 30.3 Å². The van der Waals surface area contributed by atoms with E-state index in [1.807, 2.05) is 13.8 Å². The summed E-state index contributed by atoms with van der Waals surface area (Å²) in [5.74, 6) is -0.988. The number of anilines is 1. The average Bonchev–Trinajstić information content (AvgIpc) is 2.92. The van der Waals surface area contributed by atoms with Crippen LogP contribution < -0.4 is 20.3 Å². The van der Waals surface area contributed by atoms with E-state index in [0.29, 0.717) is 34.5 Å². The molecule has 1 atom stereocenters. The topological polar surface area (TPSA) is 132 Å². The van der Waals surface area contributed by atoms with Crippen molar-refractivity contribution in [3.8, 4) is 17.0 Å². The van der Waals surface area contributed by atoms with E-state index < -0.39 is 21.8 Å². The molecule has 0 fully saturated rings. The quantitative estimate of drug-likeness (QED) is 0.274. The second-order valence-corrected chi connectivity index (χ2v) is 12.0. The number of ether oxygens (including phenoxy) is 1. The molecule has 0 aliphatic rings. The Morgan fingerprint density at radius 2 is 1.85 bits per heavy atom. The lowest BCUT2D eigenvalue weighted by Gasteiger charge is -2.15. The van der Waals surface area contributed by atoms with E-state index in [1.54, 1.807) is 25.1 Å². The Kier molecular flexibility index (Phi) is 8.93. The van der Waals surface area contributed by atoms with E-state index in [-0.39, 0.29) is 39.5 Å². The molecule has 0 aliphatic carbocycles. The lowest BCUT2D eigenvalue weighted by atomic mass is 10.0. The van der Waals surface area contributed by atoms with Gasteiger partial charge in [0.05, 0.1) is 35.3 Å². The van der Waals surface area contributed by atoms with Crippen LogP contribution in [0.25, 0.3) is 22.0 Å². The van der Waals surface area contributed by atoms with Crippen LogP contribution in [0.3, 0.4) is 0 Å². The normalized spacial score (nSPS) is 12.4. The van der Waals surface area contributed by atoms with Gasteiger partial charge in [-0.25, -0.2) is 22.8 Å². The molecule has 0 bridgehead atoms. The first kappa shape index (κ1) is 29.9. The van der Waals surface area contributed by atoms with Crippen molar-refractivity contribution in [3.63, 3.8) is 0 Å². The second-order valence-electron chi connectivity index (χ2n) is 9.94. The summed E-state index contributed by atoms with van der Waals surface area (Å²) in [5, 5.41) is 2.90. The minimum atomic E-state index is -4.23. The monoisotopic (exact) mass is 601 g/mol. The van der Waals surface area contributed by atoms with Gasteiger partial charge in [-0.2, -0.15) is 0 Å². The van der Waals surface area contributed by atoms with Gasteiger partial charge in [0, 0.05) is 24.8 Å². The average molecular weight is 602 g/mol. The molecule has 0 aliphatic heterocycles. The largest absolute Gasteiger partial charge is 0.480 e. The lowest BCUT2D eigenvalue weighted by Crippen LogP contribution is -2.35. The Morgan fingerprint density at radius 1 is 1.10 bits per heavy atom. The summed E-state index contributed by atoms with van der Waals surface area (Å²) < 4.78 is 48.6. The van der Waals surface area contributed by atoms with E-state index in [4.69, 9.17) is 16.3 Å². The van der Waals surface area contributed by atoms with Crippen molar-refractivity contribution in [2.45, 2.75) is 32.2 Å². The van der Waals surface area contributed by atoms with Crippen LogP contribution in [0.2, 0.25) is 5.02 Å². The Labute approximate surface area is 241 Å². The summed E-state index contributed by atoms with van der Waals surface area (Å²) in [4.78, 5) is 34.0. The summed E-state index contributed by atoms with van der Waals surface area (Å²) in [7, 11) is -2.90. The van der Waals surface area contributed by atoms with Gasteiger partial charge in [0.1, 0.15) is 16.4 Å². The number of sulfonamides is 1. The standard InChI is InChI=1S/C28H29ClFN5O5S/c1-16(2)12-31-26(36)17(3)14-35-15-33-23-7-5-18(9-21(23)28(35)37)19-10-24(27(40-4)32-13-19)34-41(38,39)25-8-6-20(30)11-22(25)29/h5-11,13,15-17,34H,12,14H2,1-4H3,(H,31,36)/t17-/m0/s1. The molecule has 41 heavy (non-hydrogen) atoms. The zero-order chi connectivity index (χ0) is 29.9. The molecule has 2 N–H and O–H groups in total. The number of methoxy groups -OCH3 is 1. The molecule has 0 unspecified atom stereocenters. The van der Waals surface area contributed by atoms with Crippen LogP contribution in [-0.4, -0.2) is 42.5 Å². The van der Waals surface area contributed by atoms with Gasteiger partial charge in [-0.3, -0.25) is 18.9 Å². The molecule has 13 heteroatoms. The van der Waals surface area contributed by atoms with E-state index in [0.717, 1.165) is 18.2 Å². The van der Waals surface area contributed by atoms with Crippen LogP contribution in [0.5, 0.6) is 5.88 Å². The number of halogens is 2. The maximum Gasteiger partial charge on any atom is 0.263 e. The first-order valence-electron chi connectivity index (χ1n) is 12.7. The highest BCUT2D eigenvalue weighted by molar-refractivity contribution is 7.92. The Morgan fingerprint density at radius 3 is 2.54 bits per heavy atom. The van der Waals surface area contributed by atoms with Crippen LogP contribution in [0.15, 0.2) is 64.7 Å². The first-order valence-corrected chi connectivity index (χ1v) is 14.5. The van der Waals surface area contributed by atoms with Crippen LogP contribution in [0.1, 0.15) is 20.8 Å². The van der Waals surface area contributed by atoms with Crippen molar-refractivity contribution in [1.29, 1.82) is 0 Å². The molecule has 0 radical (unpaired) electrons. The minimum absolute atomic E-state index is 0.00917. The Bertz CT molecular complexity index is 1780. The van der Waals surface area contributed by atoms with Crippen LogP contribution >= 0.6 is 11.6 Å². The van der Waals surface area contributed by atoms with E-state index in [9.17, 15) is 22.4 Å². The molecule has 2 heterocycles. The predicted molar refractivity (Wildman–Crippen MR) is 155 cm³/mol. The van der Waals surface area contributed by atoms with E-state index >= 15 is 0 Å². The zero-order valence-corrected chi connectivity index (χ0v) is 24.4. The highest BCUT2D eigenvalue weighted by atomic mass is 35.5. The fourth-order valence-electron chi connectivity index (χ4n) is 4.06. The Hall–Kier alpha value is -4.03. The fraction of sp³-hybridized carbons (Fsp3) is 0.286. The van der Waals surface area contributed by atoms with Gasteiger partial charge in [0.15, 0.2) is 0 Å². The minimum Gasteiger partial charge on any atom is -0.480 e. The molecular weight excluding hydrogens is 573 g/mol. The highest BCUT2D eigenvalue weighted by Gasteiger charge is 2.22. The number of hydrogen-bond acceptors (Lipinski definition) is 7. The van der Waals surface area contributed by atoms with Crippen molar-refractivity contribution >= 4 is 44.1 Å². The van der Waals surface area contributed by atoms with Crippen molar-refractivity contribution in [3.05, 3.63) is 76.2 Å². The molecule has 4 rings (SSSR count).